The Hall–Kier alpha value is -2.31. The molecule has 0 saturated heterocycles. The number of benzene rings is 1. The van der Waals surface area contributed by atoms with Crippen LogP contribution in [-0.2, 0) is 0 Å². The second-order valence-corrected chi connectivity index (χ2v) is 3.77. The molecule has 0 aliphatic heterocycles. The third-order valence-electron chi connectivity index (χ3n) is 2.13. The van der Waals surface area contributed by atoms with Crippen molar-refractivity contribution >= 4 is 17.2 Å². The Morgan fingerprint density at radius 2 is 1.37 bits per heavy atom. The highest BCUT2D eigenvalue weighted by Gasteiger charge is 2.20. The second kappa shape index (κ2) is 7.20. The molecule has 7 nitrogen and oxygen atoms in total. The first-order valence-electron chi connectivity index (χ1n) is 5.81. The van der Waals surface area contributed by atoms with Crippen LogP contribution in [0, 0.1) is 26.1 Å². The first-order chi connectivity index (χ1) is 8.82. The molecule has 0 aliphatic carbocycles. The molecule has 1 rings (SSSR count). The molecule has 0 aliphatic rings. The van der Waals surface area contributed by atoms with Crippen LogP contribution in [0.15, 0.2) is 18.2 Å². The highest BCUT2D eigenvalue weighted by atomic mass is 16.6. The molecule has 7 heteroatoms. The Balaban J connectivity index is 0.00000154. The zero-order valence-corrected chi connectivity index (χ0v) is 11.2. The number of carbonyl (C=O) groups excluding carboxylic acids is 1. The summed E-state index contributed by atoms with van der Waals surface area (Å²) in [7, 11) is 0. The fourth-order valence-corrected chi connectivity index (χ4v) is 1.28. The minimum Gasteiger partial charge on any atom is -0.294 e. The first kappa shape index (κ1) is 16.7. The van der Waals surface area contributed by atoms with E-state index in [2.05, 4.69) is 0 Å². The number of hydrogen-bond acceptors (Lipinski definition) is 5. The number of ketones is 1. The predicted molar refractivity (Wildman–Crippen MR) is 70.3 cm³/mol. The van der Waals surface area contributed by atoms with E-state index in [0.717, 1.165) is 18.2 Å². The fourth-order valence-electron chi connectivity index (χ4n) is 1.28. The Bertz CT molecular complexity index is 465. The number of hydrogen-bond donors (Lipinski definition) is 0. The molecule has 1 aromatic rings. The van der Waals surface area contributed by atoms with Gasteiger partial charge < -0.3 is 0 Å². The molecule has 0 aromatic heterocycles. The van der Waals surface area contributed by atoms with Gasteiger partial charge in [-0.25, -0.2) is 0 Å². The molecule has 0 heterocycles. The quantitative estimate of drug-likeness (QED) is 0.473. The summed E-state index contributed by atoms with van der Waals surface area (Å²) < 4.78 is 0. The van der Waals surface area contributed by atoms with E-state index < -0.39 is 21.2 Å². The van der Waals surface area contributed by atoms with E-state index in [0.29, 0.717) is 0 Å². The van der Waals surface area contributed by atoms with Gasteiger partial charge in [0, 0.05) is 23.6 Å². The molecular weight excluding hydrogens is 252 g/mol. The molecule has 104 valence electrons. The summed E-state index contributed by atoms with van der Waals surface area (Å²) in [5.74, 6) is -0.742. The Morgan fingerprint density at radius 3 is 1.63 bits per heavy atom. The molecular formula is C12H16N2O5. The van der Waals surface area contributed by atoms with Gasteiger partial charge in [-0.05, 0) is 0 Å². The Kier molecular flexibility index (Phi) is 6.32. The van der Waals surface area contributed by atoms with Crippen molar-refractivity contribution in [3.05, 3.63) is 44.0 Å². The van der Waals surface area contributed by atoms with Gasteiger partial charge in [-0.1, -0.05) is 27.7 Å². The van der Waals surface area contributed by atoms with Gasteiger partial charge in [0.1, 0.15) is 0 Å². The minimum absolute atomic E-state index is 0.0131. The zero-order chi connectivity index (χ0) is 15.2. The minimum atomic E-state index is -0.760. The van der Waals surface area contributed by atoms with Crippen molar-refractivity contribution in [3.8, 4) is 0 Å². The van der Waals surface area contributed by atoms with E-state index in [1.165, 1.54) is 0 Å². The normalized spacial score (nSPS) is 9.53. The molecule has 0 unspecified atom stereocenters. The monoisotopic (exact) mass is 268 g/mol. The Labute approximate surface area is 110 Å². The lowest BCUT2D eigenvalue weighted by Gasteiger charge is -2.03. The maximum Gasteiger partial charge on any atom is 0.277 e. The summed E-state index contributed by atoms with van der Waals surface area (Å²) in [6.45, 7) is 7.24. The van der Waals surface area contributed by atoms with Gasteiger partial charge in [-0.15, -0.1) is 0 Å². The van der Waals surface area contributed by atoms with Crippen molar-refractivity contribution < 1.29 is 14.6 Å². The van der Waals surface area contributed by atoms with Gasteiger partial charge in [0.15, 0.2) is 5.78 Å². The van der Waals surface area contributed by atoms with Crippen LogP contribution in [0.3, 0.4) is 0 Å². The van der Waals surface area contributed by atoms with Crippen LogP contribution in [0.5, 0.6) is 0 Å². The third kappa shape index (κ3) is 4.46. The second-order valence-electron chi connectivity index (χ2n) is 3.77. The fraction of sp³-hybridized carbons (Fsp3) is 0.417. The van der Waals surface area contributed by atoms with Crippen LogP contribution in [0.1, 0.15) is 38.1 Å². The molecule has 0 bridgehead atoms. The smallest absolute Gasteiger partial charge is 0.277 e. The van der Waals surface area contributed by atoms with Crippen molar-refractivity contribution in [3.63, 3.8) is 0 Å². The largest absolute Gasteiger partial charge is 0.294 e. The van der Waals surface area contributed by atoms with Crippen LogP contribution in [0.25, 0.3) is 0 Å². The molecule has 19 heavy (non-hydrogen) atoms. The van der Waals surface area contributed by atoms with Gasteiger partial charge >= 0.3 is 0 Å². The van der Waals surface area contributed by atoms with Crippen LogP contribution < -0.4 is 0 Å². The van der Waals surface area contributed by atoms with Gasteiger partial charge in [0.05, 0.1) is 15.9 Å². The lowest BCUT2D eigenvalue weighted by atomic mass is 10.0. The van der Waals surface area contributed by atoms with Gasteiger partial charge in [-0.3, -0.25) is 25.0 Å². The molecule has 0 N–H and O–H groups in total. The molecule has 1 aromatic carbocycles. The number of Topliss-reactive ketones (excluding diaryl/α,β-unsaturated/α-hetero) is 1. The van der Waals surface area contributed by atoms with E-state index in [-0.39, 0.29) is 17.3 Å². The molecule has 0 fully saturated rings. The van der Waals surface area contributed by atoms with E-state index in [1.807, 2.05) is 13.8 Å². The third-order valence-corrected chi connectivity index (χ3v) is 2.13. The lowest BCUT2D eigenvalue weighted by molar-refractivity contribution is -0.394. The lowest BCUT2D eigenvalue weighted by Crippen LogP contribution is -2.08. The van der Waals surface area contributed by atoms with E-state index in [4.69, 9.17) is 0 Å². The summed E-state index contributed by atoms with van der Waals surface area (Å²) in [5.41, 5.74) is -0.924. The number of rotatable bonds is 4. The van der Waals surface area contributed by atoms with Gasteiger partial charge in [-0.2, -0.15) is 0 Å². The summed E-state index contributed by atoms with van der Waals surface area (Å²) in [6, 6.07) is 2.93. The number of nitro benzene ring substituents is 2. The van der Waals surface area contributed by atoms with Crippen molar-refractivity contribution in [1.82, 2.24) is 0 Å². The zero-order valence-electron chi connectivity index (χ0n) is 11.2. The average molecular weight is 268 g/mol. The summed E-state index contributed by atoms with van der Waals surface area (Å²) in [5, 5.41) is 21.2. The molecule has 0 radical (unpaired) electrons. The van der Waals surface area contributed by atoms with E-state index >= 15 is 0 Å². The van der Waals surface area contributed by atoms with Crippen molar-refractivity contribution in [2.75, 3.05) is 0 Å². The SMILES string of the molecule is CC.CC(C)C(=O)c1cc([N+](=O)[O-])cc([N+](=O)[O-])c1. The van der Waals surface area contributed by atoms with Crippen molar-refractivity contribution in [2.45, 2.75) is 27.7 Å². The van der Waals surface area contributed by atoms with E-state index in [9.17, 15) is 25.0 Å². The van der Waals surface area contributed by atoms with Crippen molar-refractivity contribution in [1.29, 1.82) is 0 Å². The van der Waals surface area contributed by atoms with Crippen LogP contribution in [0.2, 0.25) is 0 Å². The molecule has 0 amide bonds. The Morgan fingerprint density at radius 1 is 1.00 bits per heavy atom. The maximum absolute atomic E-state index is 11.6. The summed E-state index contributed by atoms with van der Waals surface area (Å²) in [6.07, 6.45) is 0. The number of nitro groups is 2. The molecule has 0 atom stereocenters. The highest BCUT2D eigenvalue weighted by molar-refractivity contribution is 5.98. The summed E-state index contributed by atoms with van der Waals surface area (Å²) in [4.78, 5) is 31.3. The van der Waals surface area contributed by atoms with Gasteiger partial charge in [0.25, 0.3) is 11.4 Å². The number of non-ortho nitro benzene ring substituents is 2. The molecule has 0 spiro atoms. The molecule has 0 saturated carbocycles. The van der Waals surface area contributed by atoms with Crippen LogP contribution in [-0.4, -0.2) is 15.6 Å². The number of carbonyl (C=O) groups is 1. The predicted octanol–water partition coefficient (Wildman–Crippen LogP) is 3.37. The van der Waals surface area contributed by atoms with Crippen molar-refractivity contribution in [2.24, 2.45) is 5.92 Å². The topological polar surface area (TPSA) is 103 Å². The maximum atomic E-state index is 11.6. The summed E-state index contributed by atoms with van der Waals surface area (Å²) >= 11 is 0. The highest BCUT2D eigenvalue weighted by Crippen LogP contribution is 2.24. The standard InChI is InChI=1S/C10H10N2O5.C2H6/c1-6(2)10(13)7-3-8(11(14)15)5-9(4-7)12(16)17;1-2/h3-6H,1-2H3;1-2H3. The first-order valence-corrected chi connectivity index (χ1v) is 5.81. The van der Waals surface area contributed by atoms with Gasteiger partial charge in [0.2, 0.25) is 0 Å². The number of nitrogens with zero attached hydrogens (tertiary/aromatic N) is 2. The average Bonchev–Trinajstić information content (AvgIpc) is 2.39. The van der Waals surface area contributed by atoms with Crippen LogP contribution in [0.4, 0.5) is 11.4 Å². The van der Waals surface area contributed by atoms with Crippen LogP contribution >= 0.6 is 0 Å². The van der Waals surface area contributed by atoms with E-state index in [1.54, 1.807) is 13.8 Å².